The average molecular weight is 1070 g/mol. The lowest BCUT2D eigenvalue weighted by atomic mass is 9.86. The quantitative estimate of drug-likeness (QED) is 0.164. The molecule has 15 aromatic rings. The van der Waals surface area contributed by atoms with Crippen molar-refractivity contribution in [3.8, 4) is 6.07 Å². The number of fused-ring (bicyclic) bond motifs is 14. The molecule has 0 N–H and O–H groups in total. The van der Waals surface area contributed by atoms with Crippen LogP contribution >= 0.6 is 0 Å². The number of rotatable bonds is 6. The summed E-state index contributed by atoms with van der Waals surface area (Å²) in [5.41, 5.74) is 19.4. The first-order chi connectivity index (χ1) is 39.5. The van der Waals surface area contributed by atoms with E-state index in [2.05, 4.69) is 261 Å². The van der Waals surface area contributed by atoms with Crippen molar-refractivity contribution in [3.63, 3.8) is 0 Å². The lowest BCUT2D eigenvalue weighted by Crippen LogP contribution is -2.13. The minimum atomic E-state index is -0.106. The standard InChI is InChI=1S/C75H59N3O4/c1-41-17-11-18-42(2)67(41)77(61-27-15-23-53-51-21-13-25-59(74(5,6)7)70(51)81-72(53)61)49-31-29-45-35-55-56-39-65-66(58(40-76)69(56)80-63(55)37-47(45)33-49)57-36-46-30-32-50(34-48(46)38-64(57)79-65)78(68-43(3)19-12-20-44(68)4)62-28-16-24-54-52-22-14-26-60(75(8,9)10)71(52)82-73(54)62/h11-39H,1-10H3. The van der Waals surface area contributed by atoms with Crippen LogP contribution in [0, 0.1) is 39.0 Å². The highest BCUT2D eigenvalue weighted by Crippen LogP contribution is 2.50. The summed E-state index contributed by atoms with van der Waals surface area (Å²) in [5, 5.41) is 22.9. The molecule has 0 amide bonds. The van der Waals surface area contributed by atoms with Gasteiger partial charge < -0.3 is 27.5 Å². The summed E-state index contributed by atoms with van der Waals surface area (Å²) in [4.78, 5) is 4.69. The van der Waals surface area contributed by atoms with Gasteiger partial charge in [-0.2, -0.15) is 5.26 Å². The normalized spacial score (nSPS) is 12.5. The van der Waals surface area contributed by atoms with E-state index >= 15 is 0 Å². The molecule has 0 aliphatic carbocycles. The molecule has 7 heteroatoms. The molecule has 11 aromatic carbocycles. The van der Waals surface area contributed by atoms with Crippen LogP contribution in [0.4, 0.5) is 34.1 Å². The molecule has 0 atom stereocenters. The molecular formula is C75H59N3O4. The van der Waals surface area contributed by atoms with Crippen molar-refractivity contribution in [3.05, 3.63) is 215 Å². The van der Waals surface area contributed by atoms with Crippen molar-refractivity contribution in [1.29, 1.82) is 5.26 Å². The monoisotopic (exact) mass is 1070 g/mol. The van der Waals surface area contributed by atoms with Gasteiger partial charge in [0.05, 0.1) is 22.7 Å². The van der Waals surface area contributed by atoms with Gasteiger partial charge in [0.25, 0.3) is 0 Å². The lowest BCUT2D eigenvalue weighted by Gasteiger charge is -2.29. The van der Waals surface area contributed by atoms with Crippen LogP contribution in [-0.2, 0) is 10.8 Å². The fourth-order valence-corrected chi connectivity index (χ4v) is 13.2. The van der Waals surface area contributed by atoms with Crippen LogP contribution in [0.1, 0.15) is 80.5 Å². The predicted molar refractivity (Wildman–Crippen MR) is 341 cm³/mol. The second kappa shape index (κ2) is 17.6. The van der Waals surface area contributed by atoms with E-state index in [1.807, 2.05) is 0 Å². The predicted octanol–water partition coefficient (Wildman–Crippen LogP) is 22.2. The number of anilines is 6. The van der Waals surface area contributed by atoms with E-state index in [-0.39, 0.29) is 10.8 Å². The summed E-state index contributed by atoms with van der Waals surface area (Å²) in [5.74, 6) is 0. The third kappa shape index (κ3) is 7.33. The van der Waals surface area contributed by atoms with Crippen LogP contribution in [0.3, 0.4) is 0 Å². The Hall–Kier alpha value is -9.77. The third-order valence-corrected chi connectivity index (χ3v) is 17.1. The SMILES string of the molecule is Cc1cccc(C)c1N(c1ccc2cc3c(cc2c1)oc1c(C#N)c2c(cc13)oc1cc3cc(N(c4c(C)cccc4C)c4cccc5c4oc4c(C(C)(C)C)cccc45)ccc3cc12)c1cccc2c1oc1c(C(C)(C)C)cccc12. The summed E-state index contributed by atoms with van der Waals surface area (Å²) >= 11 is 0. The van der Waals surface area contributed by atoms with E-state index in [1.54, 1.807) is 0 Å². The van der Waals surface area contributed by atoms with Gasteiger partial charge in [0, 0.05) is 65.6 Å². The molecule has 0 spiro atoms. The van der Waals surface area contributed by atoms with Gasteiger partial charge in [-0.3, -0.25) is 0 Å². The molecule has 0 aliphatic heterocycles. The second-order valence-electron chi connectivity index (χ2n) is 24.6. The number of nitrogens with zero attached hydrogens (tertiary/aromatic N) is 3. The lowest BCUT2D eigenvalue weighted by molar-refractivity contribution is 0.572. The number of benzene rings is 11. The maximum Gasteiger partial charge on any atom is 0.159 e. The molecule has 0 aliphatic rings. The fraction of sp³-hybridized carbons (Fsp3) is 0.160. The van der Waals surface area contributed by atoms with Crippen LogP contribution in [0.25, 0.3) is 109 Å². The van der Waals surface area contributed by atoms with Gasteiger partial charge in [-0.15, -0.1) is 0 Å². The number of furan rings is 4. The Bertz CT molecular complexity index is 5030. The number of aryl methyl sites for hydroxylation is 4. The first-order valence-corrected chi connectivity index (χ1v) is 28.3. The van der Waals surface area contributed by atoms with E-state index in [0.717, 1.165) is 143 Å². The van der Waals surface area contributed by atoms with Gasteiger partial charge in [0.15, 0.2) is 16.7 Å². The van der Waals surface area contributed by atoms with Crippen molar-refractivity contribution in [2.75, 3.05) is 9.80 Å². The Morgan fingerprint density at radius 3 is 1.24 bits per heavy atom. The molecule has 0 unspecified atom stereocenters. The van der Waals surface area contributed by atoms with Crippen molar-refractivity contribution in [1.82, 2.24) is 0 Å². The topological polar surface area (TPSA) is 82.8 Å². The molecule has 0 radical (unpaired) electrons. The third-order valence-electron chi connectivity index (χ3n) is 17.1. The zero-order valence-corrected chi connectivity index (χ0v) is 47.7. The Morgan fingerprint density at radius 2 is 0.780 bits per heavy atom. The van der Waals surface area contributed by atoms with Gasteiger partial charge in [-0.25, -0.2) is 0 Å². The molecule has 7 nitrogen and oxygen atoms in total. The van der Waals surface area contributed by atoms with Gasteiger partial charge in [-0.1, -0.05) is 151 Å². The molecular weight excluding hydrogens is 1010 g/mol. The molecule has 4 aromatic heterocycles. The maximum atomic E-state index is 11.1. The van der Waals surface area contributed by atoms with E-state index < -0.39 is 0 Å². The second-order valence-corrected chi connectivity index (χ2v) is 24.6. The molecule has 82 heavy (non-hydrogen) atoms. The van der Waals surface area contributed by atoms with Crippen LogP contribution in [0.5, 0.6) is 0 Å². The zero-order chi connectivity index (χ0) is 56.2. The maximum absolute atomic E-state index is 11.1. The molecule has 0 bridgehead atoms. The van der Waals surface area contributed by atoms with Crippen LogP contribution in [0.2, 0.25) is 0 Å². The van der Waals surface area contributed by atoms with E-state index in [9.17, 15) is 5.26 Å². The molecule has 0 saturated carbocycles. The molecule has 0 saturated heterocycles. The van der Waals surface area contributed by atoms with Crippen molar-refractivity contribution < 1.29 is 17.7 Å². The minimum Gasteiger partial charge on any atom is -0.456 e. The van der Waals surface area contributed by atoms with E-state index in [0.29, 0.717) is 27.9 Å². The van der Waals surface area contributed by atoms with Crippen molar-refractivity contribution >= 4 is 143 Å². The summed E-state index contributed by atoms with van der Waals surface area (Å²) in [7, 11) is 0. The molecule has 4 heterocycles. The summed E-state index contributed by atoms with van der Waals surface area (Å²) < 4.78 is 27.7. The first kappa shape index (κ1) is 49.3. The number of nitriles is 1. The van der Waals surface area contributed by atoms with Gasteiger partial charge in [0.2, 0.25) is 0 Å². The van der Waals surface area contributed by atoms with Crippen LogP contribution in [-0.4, -0.2) is 0 Å². The van der Waals surface area contributed by atoms with Gasteiger partial charge in [0.1, 0.15) is 39.5 Å². The summed E-state index contributed by atoms with van der Waals surface area (Å²) in [6, 6.07) is 65.2. The van der Waals surface area contributed by atoms with Gasteiger partial charge >= 0.3 is 0 Å². The van der Waals surface area contributed by atoms with Gasteiger partial charge in [-0.05, 0) is 149 Å². The van der Waals surface area contributed by atoms with Crippen molar-refractivity contribution in [2.45, 2.75) is 80.1 Å². The largest absolute Gasteiger partial charge is 0.456 e. The highest BCUT2D eigenvalue weighted by Gasteiger charge is 2.29. The van der Waals surface area contributed by atoms with Crippen LogP contribution in [0.15, 0.2) is 194 Å². The molecule has 0 fully saturated rings. The Kier molecular flexibility index (Phi) is 10.6. The summed E-state index contributed by atoms with van der Waals surface area (Å²) in [6.07, 6.45) is 0. The first-order valence-electron chi connectivity index (χ1n) is 28.3. The molecule has 398 valence electrons. The highest BCUT2D eigenvalue weighted by molar-refractivity contribution is 6.22. The minimum absolute atomic E-state index is 0.106. The highest BCUT2D eigenvalue weighted by atomic mass is 16.3. The summed E-state index contributed by atoms with van der Waals surface area (Å²) in [6.45, 7) is 22.1. The van der Waals surface area contributed by atoms with E-state index in [1.165, 1.54) is 11.1 Å². The molecule has 15 rings (SSSR count). The zero-order valence-electron chi connectivity index (χ0n) is 47.7. The smallest absolute Gasteiger partial charge is 0.159 e. The Labute approximate surface area is 474 Å². The Morgan fingerprint density at radius 1 is 0.354 bits per heavy atom. The van der Waals surface area contributed by atoms with E-state index in [4.69, 9.17) is 17.7 Å². The van der Waals surface area contributed by atoms with Crippen molar-refractivity contribution in [2.24, 2.45) is 0 Å². The van der Waals surface area contributed by atoms with Crippen LogP contribution < -0.4 is 9.80 Å². The fourth-order valence-electron chi connectivity index (χ4n) is 13.2. The number of hydrogen-bond donors (Lipinski definition) is 0. The number of para-hydroxylation sites is 6. The Balaban J connectivity index is 0.865. The number of hydrogen-bond acceptors (Lipinski definition) is 7. The average Bonchev–Trinajstić information content (AvgIpc) is 2.67.